The lowest BCUT2D eigenvalue weighted by Gasteiger charge is -2.16. The van der Waals surface area contributed by atoms with E-state index in [-0.39, 0.29) is 31.3 Å². The summed E-state index contributed by atoms with van der Waals surface area (Å²) in [5.74, 6) is 0.828. The maximum atomic E-state index is 12.7. The predicted molar refractivity (Wildman–Crippen MR) is 135 cm³/mol. The lowest BCUT2D eigenvalue weighted by atomic mass is 10.1. The van der Waals surface area contributed by atoms with Crippen LogP contribution in [0.4, 0.5) is 0 Å². The van der Waals surface area contributed by atoms with Crippen molar-refractivity contribution in [3.8, 4) is 5.75 Å². The maximum Gasteiger partial charge on any atom is 0.227 e. The molecule has 8 heteroatoms. The van der Waals surface area contributed by atoms with Gasteiger partial charge in [-0.3, -0.25) is 9.59 Å². The highest BCUT2D eigenvalue weighted by atomic mass is 35.5. The number of fused-ring (bicyclic) bond motifs is 1. The zero-order valence-corrected chi connectivity index (χ0v) is 20.0. The van der Waals surface area contributed by atoms with Gasteiger partial charge in [-0.05, 0) is 48.9 Å². The number of hydrogen-bond donors (Lipinski definition) is 2. The van der Waals surface area contributed by atoms with Crippen molar-refractivity contribution in [2.24, 2.45) is 0 Å². The summed E-state index contributed by atoms with van der Waals surface area (Å²) in [6.45, 7) is 2.10. The van der Waals surface area contributed by atoms with E-state index >= 15 is 0 Å². The third-order valence-electron chi connectivity index (χ3n) is 5.53. The van der Waals surface area contributed by atoms with E-state index in [1.807, 2.05) is 41.0 Å². The van der Waals surface area contributed by atoms with Crippen molar-refractivity contribution in [2.75, 3.05) is 6.61 Å². The van der Waals surface area contributed by atoms with Crippen LogP contribution in [-0.2, 0) is 24.3 Å². The average Bonchev–Trinajstić information content (AvgIpc) is 3.19. The summed E-state index contributed by atoms with van der Waals surface area (Å²) < 4.78 is 7.56. The SMILES string of the molecule is CC(=O)c1cccc(OCC(O)Cn2c(CC(=O)NCc3ccc(Cl)cc3)nc3ccccc32)c1. The number of Topliss-reactive ketones (excluding diaryl/α,β-unsaturated/α-hetero) is 1. The van der Waals surface area contributed by atoms with Gasteiger partial charge in [0.05, 0.1) is 24.0 Å². The van der Waals surface area contributed by atoms with Crippen LogP contribution in [0.25, 0.3) is 11.0 Å². The molecule has 180 valence electrons. The lowest BCUT2D eigenvalue weighted by Crippen LogP contribution is -2.28. The van der Waals surface area contributed by atoms with E-state index in [0.29, 0.717) is 28.7 Å². The van der Waals surface area contributed by atoms with E-state index in [2.05, 4.69) is 10.3 Å². The fourth-order valence-electron chi connectivity index (χ4n) is 3.73. The minimum atomic E-state index is -0.857. The topological polar surface area (TPSA) is 93.5 Å². The van der Waals surface area contributed by atoms with Gasteiger partial charge in [0.2, 0.25) is 5.91 Å². The van der Waals surface area contributed by atoms with Crippen molar-refractivity contribution in [2.45, 2.75) is 32.5 Å². The first kappa shape index (κ1) is 24.4. The molecule has 0 spiro atoms. The van der Waals surface area contributed by atoms with Gasteiger partial charge in [0, 0.05) is 17.1 Å². The second-order valence-corrected chi connectivity index (χ2v) is 8.69. The standard InChI is InChI=1S/C27H26ClN3O4/c1-18(32)20-5-4-6-23(13-20)35-17-22(33)16-31-25-8-3-2-7-24(25)30-26(31)14-27(34)29-15-19-9-11-21(28)12-10-19/h2-13,22,33H,14-17H2,1H3,(H,29,34). The van der Waals surface area contributed by atoms with Gasteiger partial charge in [0.25, 0.3) is 0 Å². The fourth-order valence-corrected chi connectivity index (χ4v) is 3.86. The molecule has 4 rings (SSSR count). The van der Waals surface area contributed by atoms with Crippen LogP contribution in [0.15, 0.2) is 72.8 Å². The molecule has 2 N–H and O–H groups in total. The van der Waals surface area contributed by atoms with Crippen molar-refractivity contribution in [1.29, 1.82) is 0 Å². The molecule has 0 saturated carbocycles. The smallest absolute Gasteiger partial charge is 0.227 e. The van der Waals surface area contributed by atoms with Gasteiger partial charge in [-0.25, -0.2) is 4.98 Å². The van der Waals surface area contributed by atoms with Crippen LogP contribution < -0.4 is 10.1 Å². The molecule has 1 heterocycles. The predicted octanol–water partition coefficient (Wildman–Crippen LogP) is 4.19. The number of carbonyl (C=O) groups excluding carboxylic acids is 2. The first-order valence-electron chi connectivity index (χ1n) is 11.3. The Morgan fingerprint density at radius 2 is 1.86 bits per heavy atom. The Morgan fingerprint density at radius 1 is 1.09 bits per heavy atom. The van der Waals surface area contributed by atoms with Crippen LogP contribution in [0.5, 0.6) is 5.75 Å². The minimum absolute atomic E-state index is 0.0239. The molecule has 0 aliphatic rings. The monoisotopic (exact) mass is 491 g/mol. The Kier molecular flexibility index (Phi) is 7.80. The van der Waals surface area contributed by atoms with Gasteiger partial charge in [-0.2, -0.15) is 0 Å². The highest BCUT2D eigenvalue weighted by Crippen LogP contribution is 2.19. The first-order valence-corrected chi connectivity index (χ1v) is 11.6. The number of carbonyl (C=O) groups is 2. The summed E-state index contributed by atoms with van der Waals surface area (Å²) in [7, 11) is 0. The molecular weight excluding hydrogens is 466 g/mol. The van der Waals surface area contributed by atoms with E-state index in [1.165, 1.54) is 6.92 Å². The molecule has 0 radical (unpaired) electrons. The molecule has 4 aromatic rings. The third-order valence-corrected chi connectivity index (χ3v) is 5.78. The van der Waals surface area contributed by atoms with E-state index in [1.54, 1.807) is 36.4 Å². The number of ether oxygens (including phenoxy) is 1. The number of halogens is 1. The van der Waals surface area contributed by atoms with Crippen molar-refractivity contribution >= 4 is 34.3 Å². The summed E-state index contributed by atoms with van der Waals surface area (Å²) in [6, 6.07) is 21.7. The molecule has 3 aromatic carbocycles. The Morgan fingerprint density at radius 3 is 2.63 bits per heavy atom. The van der Waals surface area contributed by atoms with E-state index in [0.717, 1.165) is 16.6 Å². The zero-order chi connectivity index (χ0) is 24.8. The second kappa shape index (κ2) is 11.2. The Bertz CT molecular complexity index is 1330. The summed E-state index contributed by atoms with van der Waals surface area (Å²) in [5, 5.41) is 14.2. The van der Waals surface area contributed by atoms with E-state index < -0.39 is 6.10 Å². The average molecular weight is 492 g/mol. The molecule has 0 aliphatic carbocycles. The van der Waals surface area contributed by atoms with Gasteiger partial charge in [0.15, 0.2) is 5.78 Å². The number of aromatic nitrogens is 2. The number of benzene rings is 3. The van der Waals surface area contributed by atoms with Crippen LogP contribution in [0.3, 0.4) is 0 Å². The van der Waals surface area contributed by atoms with Gasteiger partial charge in [-0.1, -0.05) is 48.0 Å². The molecule has 1 atom stereocenters. The maximum absolute atomic E-state index is 12.7. The van der Waals surface area contributed by atoms with E-state index in [9.17, 15) is 14.7 Å². The molecule has 0 saturated heterocycles. The summed E-state index contributed by atoms with van der Waals surface area (Å²) >= 11 is 5.91. The number of ketones is 1. The number of rotatable bonds is 10. The number of aliphatic hydroxyl groups is 1. The number of imidazole rings is 1. The second-order valence-electron chi connectivity index (χ2n) is 8.26. The Labute approximate surface area is 208 Å². The number of nitrogens with zero attached hydrogens (tertiary/aromatic N) is 2. The Balaban J connectivity index is 1.43. The normalized spacial score (nSPS) is 11.9. The summed E-state index contributed by atoms with van der Waals surface area (Å²) in [6.07, 6.45) is -0.791. The van der Waals surface area contributed by atoms with Crippen molar-refractivity contribution < 1.29 is 19.4 Å². The Hall–Kier alpha value is -3.68. The van der Waals surface area contributed by atoms with Crippen LogP contribution in [0.1, 0.15) is 28.7 Å². The lowest BCUT2D eigenvalue weighted by molar-refractivity contribution is -0.120. The van der Waals surface area contributed by atoms with Gasteiger partial charge < -0.3 is 19.7 Å². The van der Waals surface area contributed by atoms with Gasteiger partial charge in [-0.15, -0.1) is 0 Å². The first-order chi connectivity index (χ1) is 16.9. The van der Waals surface area contributed by atoms with Crippen molar-refractivity contribution in [3.05, 3.63) is 94.8 Å². The van der Waals surface area contributed by atoms with Gasteiger partial charge >= 0.3 is 0 Å². The molecule has 0 bridgehead atoms. The van der Waals surface area contributed by atoms with Crippen LogP contribution in [0, 0.1) is 0 Å². The number of para-hydroxylation sites is 2. The van der Waals surface area contributed by atoms with E-state index in [4.69, 9.17) is 16.3 Å². The quantitative estimate of drug-likeness (QED) is 0.324. The molecule has 1 unspecified atom stereocenters. The third kappa shape index (κ3) is 6.47. The number of hydrogen-bond acceptors (Lipinski definition) is 5. The summed E-state index contributed by atoms with van der Waals surface area (Å²) in [4.78, 5) is 28.9. The molecule has 7 nitrogen and oxygen atoms in total. The molecule has 1 aromatic heterocycles. The number of aliphatic hydroxyl groups excluding tert-OH is 1. The zero-order valence-electron chi connectivity index (χ0n) is 19.3. The highest BCUT2D eigenvalue weighted by Gasteiger charge is 2.17. The molecular formula is C27H26ClN3O4. The largest absolute Gasteiger partial charge is 0.491 e. The van der Waals surface area contributed by atoms with Crippen LogP contribution >= 0.6 is 11.6 Å². The van der Waals surface area contributed by atoms with Crippen molar-refractivity contribution in [3.63, 3.8) is 0 Å². The molecule has 35 heavy (non-hydrogen) atoms. The highest BCUT2D eigenvalue weighted by molar-refractivity contribution is 6.30. The van der Waals surface area contributed by atoms with Gasteiger partial charge in [0.1, 0.15) is 24.3 Å². The fraction of sp³-hybridized carbons (Fsp3) is 0.222. The molecule has 1 amide bonds. The van der Waals surface area contributed by atoms with Crippen LogP contribution in [-0.4, -0.2) is 39.1 Å². The number of nitrogens with one attached hydrogen (secondary N) is 1. The minimum Gasteiger partial charge on any atom is -0.491 e. The molecule has 0 aliphatic heterocycles. The molecule has 0 fully saturated rings. The van der Waals surface area contributed by atoms with Crippen molar-refractivity contribution in [1.82, 2.24) is 14.9 Å². The van der Waals surface area contributed by atoms with Crippen LogP contribution in [0.2, 0.25) is 5.02 Å². The summed E-state index contributed by atoms with van der Waals surface area (Å²) in [5.41, 5.74) is 3.06. The number of amides is 1.